The Hall–Kier alpha value is -1.59. The van der Waals surface area contributed by atoms with Gasteiger partial charge in [-0.3, -0.25) is 9.59 Å². The number of carbonyl (C=O) groups excluding carboxylic acids is 2. The lowest BCUT2D eigenvalue weighted by Crippen LogP contribution is -2.21. The van der Waals surface area contributed by atoms with Gasteiger partial charge in [-0.15, -0.1) is 0 Å². The topological polar surface area (TPSA) is 84.2 Å². The van der Waals surface area contributed by atoms with Gasteiger partial charge in [0.2, 0.25) is 11.8 Å². The fourth-order valence-corrected chi connectivity index (χ4v) is 1.93. The van der Waals surface area contributed by atoms with Crippen LogP contribution in [-0.2, 0) is 9.59 Å². The molecule has 5 nitrogen and oxygen atoms in total. The molecule has 1 aromatic carbocycles. The van der Waals surface area contributed by atoms with Gasteiger partial charge in [0.25, 0.3) is 0 Å². The summed E-state index contributed by atoms with van der Waals surface area (Å²) in [6.07, 6.45) is 1.57. The van der Waals surface area contributed by atoms with Crippen LogP contribution in [-0.4, -0.2) is 18.4 Å². The van der Waals surface area contributed by atoms with Gasteiger partial charge in [-0.1, -0.05) is 18.5 Å². The number of hydrogen-bond donors (Lipinski definition) is 3. The van der Waals surface area contributed by atoms with Crippen molar-refractivity contribution in [2.75, 3.05) is 17.2 Å². The molecular formula is C14H20ClN3O2. The van der Waals surface area contributed by atoms with Crippen LogP contribution in [0.1, 0.15) is 26.7 Å². The van der Waals surface area contributed by atoms with Crippen LogP contribution in [0.3, 0.4) is 0 Å². The van der Waals surface area contributed by atoms with Gasteiger partial charge in [-0.2, -0.15) is 0 Å². The van der Waals surface area contributed by atoms with E-state index in [9.17, 15) is 9.59 Å². The van der Waals surface area contributed by atoms with E-state index >= 15 is 0 Å². The summed E-state index contributed by atoms with van der Waals surface area (Å²) in [7, 11) is 0. The highest BCUT2D eigenvalue weighted by molar-refractivity contribution is 6.34. The van der Waals surface area contributed by atoms with Crippen molar-refractivity contribution in [1.29, 1.82) is 0 Å². The molecule has 0 aliphatic carbocycles. The van der Waals surface area contributed by atoms with Crippen molar-refractivity contribution in [1.82, 2.24) is 0 Å². The van der Waals surface area contributed by atoms with Crippen LogP contribution in [0.25, 0.3) is 0 Å². The second-order valence-corrected chi connectivity index (χ2v) is 5.10. The molecule has 0 fully saturated rings. The van der Waals surface area contributed by atoms with E-state index in [4.69, 9.17) is 17.3 Å². The molecule has 2 amide bonds. The highest BCUT2D eigenvalue weighted by Gasteiger charge is 2.13. The summed E-state index contributed by atoms with van der Waals surface area (Å²) in [5, 5.41) is 5.78. The van der Waals surface area contributed by atoms with Crippen LogP contribution in [0, 0.1) is 5.92 Å². The lowest BCUT2D eigenvalue weighted by atomic mass is 10.0. The first-order valence-electron chi connectivity index (χ1n) is 6.52. The number of nitrogens with one attached hydrogen (secondary N) is 2. The Morgan fingerprint density at radius 3 is 2.60 bits per heavy atom. The third-order valence-electron chi connectivity index (χ3n) is 2.84. The largest absolute Gasteiger partial charge is 0.330 e. The summed E-state index contributed by atoms with van der Waals surface area (Å²) in [5.74, 6) is -0.367. The molecule has 1 unspecified atom stereocenters. The zero-order valence-corrected chi connectivity index (χ0v) is 12.5. The van der Waals surface area contributed by atoms with Gasteiger partial charge in [-0.25, -0.2) is 0 Å². The Balaban J connectivity index is 2.67. The number of carbonyl (C=O) groups is 2. The van der Waals surface area contributed by atoms with Crippen molar-refractivity contribution in [2.24, 2.45) is 11.7 Å². The molecule has 0 aromatic heterocycles. The molecule has 4 N–H and O–H groups in total. The van der Waals surface area contributed by atoms with Crippen LogP contribution >= 0.6 is 11.6 Å². The molecule has 0 bridgehead atoms. The average molecular weight is 298 g/mol. The first kappa shape index (κ1) is 16.5. The summed E-state index contributed by atoms with van der Waals surface area (Å²) >= 11 is 6.04. The van der Waals surface area contributed by atoms with Gasteiger partial charge in [0.1, 0.15) is 0 Å². The summed E-state index contributed by atoms with van der Waals surface area (Å²) in [5.41, 5.74) is 6.55. The third-order valence-corrected chi connectivity index (χ3v) is 3.15. The summed E-state index contributed by atoms with van der Waals surface area (Å²) < 4.78 is 0. The maximum absolute atomic E-state index is 11.9. The molecule has 20 heavy (non-hydrogen) atoms. The van der Waals surface area contributed by atoms with Crippen molar-refractivity contribution in [2.45, 2.75) is 26.7 Å². The van der Waals surface area contributed by atoms with Crippen molar-refractivity contribution in [3.05, 3.63) is 23.2 Å². The van der Waals surface area contributed by atoms with Crippen molar-refractivity contribution in [3.63, 3.8) is 0 Å². The minimum atomic E-state index is -0.195. The van der Waals surface area contributed by atoms with Crippen LogP contribution in [0.15, 0.2) is 18.2 Å². The summed E-state index contributed by atoms with van der Waals surface area (Å²) in [6.45, 7) is 3.85. The Kier molecular flexibility index (Phi) is 6.48. The van der Waals surface area contributed by atoms with Crippen molar-refractivity contribution in [3.8, 4) is 0 Å². The molecule has 0 radical (unpaired) electrons. The zero-order chi connectivity index (χ0) is 15.1. The fraction of sp³-hybridized carbons (Fsp3) is 0.429. The Morgan fingerprint density at radius 2 is 2.05 bits per heavy atom. The highest BCUT2D eigenvalue weighted by atomic mass is 35.5. The van der Waals surface area contributed by atoms with E-state index in [1.54, 1.807) is 18.2 Å². The average Bonchev–Trinajstić information content (AvgIpc) is 2.38. The monoisotopic (exact) mass is 297 g/mol. The van der Waals surface area contributed by atoms with Gasteiger partial charge >= 0.3 is 0 Å². The Morgan fingerprint density at radius 1 is 1.35 bits per heavy atom. The van der Waals surface area contributed by atoms with E-state index in [0.29, 0.717) is 22.9 Å². The Labute approximate surface area is 123 Å². The number of nitrogens with two attached hydrogens (primary N) is 1. The van der Waals surface area contributed by atoms with Crippen LogP contribution in [0.4, 0.5) is 11.4 Å². The van der Waals surface area contributed by atoms with Crippen LogP contribution in [0.2, 0.25) is 5.02 Å². The number of rotatable bonds is 6. The SMILES string of the molecule is CC(=O)Nc1ccc(NC(=O)C(C)CCCN)cc1Cl. The number of benzene rings is 1. The Bertz CT molecular complexity index is 491. The quantitative estimate of drug-likeness (QED) is 0.754. The predicted molar refractivity (Wildman–Crippen MR) is 81.8 cm³/mol. The molecule has 0 saturated carbocycles. The van der Waals surface area contributed by atoms with E-state index in [1.807, 2.05) is 6.92 Å². The van der Waals surface area contributed by atoms with Gasteiger partial charge < -0.3 is 16.4 Å². The molecule has 6 heteroatoms. The molecule has 0 aliphatic rings. The minimum Gasteiger partial charge on any atom is -0.330 e. The molecule has 1 atom stereocenters. The third kappa shape index (κ3) is 5.19. The smallest absolute Gasteiger partial charge is 0.227 e. The highest BCUT2D eigenvalue weighted by Crippen LogP contribution is 2.25. The van der Waals surface area contributed by atoms with E-state index in [2.05, 4.69) is 10.6 Å². The molecule has 0 aliphatic heterocycles. The molecule has 0 spiro atoms. The van der Waals surface area contributed by atoms with Gasteiger partial charge in [-0.05, 0) is 37.6 Å². The second kappa shape index (κ2) is 7.87. The van der Waals surface area contributed by atoms with Gasteiger partial charge in [0, 0.05) is 18.5 Å². The minimum absolute atomic E-state index is 0.0678. The normalized spacial score (nSPS) is 11.8. The standard InChI is InChI=1S/C14H20ClN3O2/c1-9(4-3-7-16)14(20)18-11-5-6-13(12(15)8-11)17-10(2)19/h5-6,8-9H,3-4,7,16H2,1-2H3,(H,17,19)(H,18,20). The van der Waals surface area contributed by atoms with Crippen LogP contribution in [0.5, 0.6) is 0 Å². The van der Waals surface area contributed by atoms with E-state index in [0.717, 1.165) is 12.8 Å². The van der Waals surface area contributed by atoms with Gasteiger partial charge in [0.05, 0.1) is 10.7 Å². The van der Waals surface area contributed by atoms with E-state index in [1.165, 1.54) is 6.92 Å². The molecule has 1 rings (SSSR count). The van der Waals surface area contributed by atoms with Gasteiger partial charge in [0.15, 0.2) is 0 Å². The number of anilines is 2. The predicted octanol–water partition coefficient (Wildman–Crippen LogP) is 2.61. The first-order chi connectivity index (χ1) is 9.43. The molecule has 110 valence electrons. The maximum atomic E-state index is 11.9. The lowest BCUT2D eigenvalue weighted by Gasteiger charge is -2.13. The molecule has 1 aromatic rings. The van der Waals surface area contributed by atoms with E-state index < -0.39 is 0 Å². The zero-order valence-electron chi connectivity index (χ0n) is 11.7. The molecular weight excluding hydrogens is 278 g/mol. The summed E-state index contributed by atoms with van der Waals surface area (Å²) in [6, 6.07) is 4.97. The molecule has 0 saturated heterocycles. The van der Waals surface area contributed by atoms with Crippen molar-refractivity contribution >= 4 is 34.8 Å². The lowest BCUT2D eigenvalue weighted by molar-refractivity contribution is -0.119. The molecule has 0 heterocycles. The summed E-state index contributed by atoms with van der Waals surface area (Å²) in [4.78, 5) is 22.9. The number of hydrogen-bond acceptors (Lipinski definition) is 3. The number of halogens is 1. The first-order valence-corrected chi connectivity index (χ1v) is 6.90. The number of amides is 2. The fourth-order valence-electron chi connectivity index (χ4n) is 1.70. The second-order valence-electron chi connectivity index (χ2n) is 4.70. The maximum Gasteiger partial charge on any atom is 0.227 e. The van der Waals surface area contributed by atoms with Crippen LogP contribution < -0.4 is 16.4 Å². The van der Waals surface area contributed by atoms with E-state index in [-0.39, 0.29) is 17.7 Å². The van der Waals surface area contributed by atoms with Crippen molar-refractivity contribution < 1.29 is 9.59 Å².